The largest absolute Gasteiger partial charge is 0.437 e. The first-order chi connectivity index (χ1) is 12.4. The van der Waals surface area contributed by atoms with Crippen LogP contribution in [0.15, 0.2) is 18.5 Å². The molecule has 0 spiro atoms. The van der Waals surface area contributed by atoms with Crippen molar-refractivity contribution in [2.75, 3.05) is 37.8 Å². The van der Waals surface area contributed by atoms with Crippen molar-refractivity contribution in [1.82, 2.24) is 14.9 Å². The monoisotopic (exact) mass is 375 g/mol. The normalized spacial score (nSPS) is 15.9. The number of nitrogens with zero attached hydrogens (tertiary/aromatic N) is 4. The zero-order valence-corrected chi connectivity index (χ0v) is 16.5. The summed E-state index contributed by atoms with van der Waals surface area (Å²) in [6.07, 6.45) is 3.67. The van der Waals surface area contributed by atoms with Crippen LogP contribution in [0.5, 0.6) is 11.6 Å². The minimum Gasteiger partial charge on any atom is -0.437 e. The number of hydrogen-bond donors (Lipinski definition) is 1. The lowest BCUT2D eigenvalue weighted by atomic mass is 10.0. The van der Waals surface area contributed by atoms with Gasteiger partial charge in [-0.3, -0.25) is 0 Å². The van der Waals surface area contributed by atoms with E-state index in [0.717, 1.165) is 42.1 Å². The Morgan fingerprint density at radius 3 is 2.42 bits per heavy atom. The summed E-state index contributed by atoms with van der Waals surface area (Å²) in [5.74, 6) is 1.76. The molecule has 1 aliphatic rings. The fourth-order valence-electron chi connectivity index (χ4n) is 3.37. The fourth-order valence-corrected chi connectivity index (χ4v) is 3.47. The van der Waals surface area contributed by atoms with E-state index in [1.165, 1.54) is 6.33 Å². The Morgan fingerprint density at radius 2 is 1.81 bits per heavy atom. The molecule has 1 aromatic heterocycles. The van der Waals surface area contributed by atoms with E-state index in [1.807, 2.05) is 33.0 Å². The van der Waals surface area contributed by atoms with Crippen molar-refractivity contribution in [2.45, 2.75) is 32.7 Å². The molecule has 2 N–H and O–H groups in total. The van der Waals surface area contributed by atoms with Crippen LogP contribution in [0.25, 0.3) is 0 Å². The van der Waals surface area contributed by atoms with Crippen LogP contribution in [0.1, 0.15) is 24.0 Å². The number of aryl methyl sites for hydroxylation is 2. The summed E-state index contributed by atoms with van der Waals surface area (Å²) in [7, 11) is 4.19. The minimum absolute atomic E-state index is 0.371. The fraction of sp³-hybridized carbons (Fsp3) is 0.474. The molecule has 2 heterocycles. The zero-order valence-electron chi connectivity index (χ0n) is 15.8. The van der Waals surface area contributed by atoms with Crippen molar-refractivity contribution in [3.63, 3.8) is 0 Å². The second-order valence-corrected chi connectivity index (χ2v) is 7.41. The molecule has 26 heavy (non-hydrogen) atoms. The predicted octanol–water partition coefficient (Wildman–Crippen LogP) is 3.65. The molecule has 1 aliphatic heterocycles. The summed E-state index contributed by atoms with van der Waals surface area (Å²) in [5, 5.41) is 0.746. The lowest BCUT2D eigenvalue weighted by Gasteiger charge is -2.36. The van der Waals surface area contributed by atoms with E-state index in [1.54, 1.807) is 0 Å². The molecule has 0 amide bonds. The van der Waals surface area contributed by atoms with Gasteiger partial charge in [-0.1, -0.05) is 11.6 Å². The van der Waals surface area contributed by atoms with E-state index in [2.05, 4.69) is 26.8 Å². The molecule has 1 saturated heterocycles. The number of hydrogen-bond acceptors (Lipinski definition) is 6. The third kappa shape index (κ3) is 3.86. The zero-order chi connectivity index (χ0) is 18.8. The highest BCUT2D eigenvalue weighted by atomic mass is 35.5. The number of ether oxygens (including phenoxy) is 1. The molecule has 0 aliphatic carbocycles. The molecule has 0 atom stereocenters. The quantitative estimate of drug-likeness (QED) is 0.879. The van der Waals surface area contributed by atoms with Gasteiger partial charge in [-0.05, 0) is 70.1 Å². The molecule has 0 saturated carbocycles. The van der Waals surface area contributed by atoms with Gasteiger partial charge < -0.3 is 20.3 Å². The Kier molecular flexibility index (Phi) is 5.53. The van der Waals surface area contributed by atoms with Crippen LogP contribution in [-0.2, 0) is 0 Å². The van der Waals surface area contributed by atoms with Crippen LogP contribution in [-0.4, -0.2) is 48.1 Å². The molecule has 1 fully saturated rings. The number of halogens is 1. The van der Waals surface area contributed by atoms with E-state index in [9.17, 15) is 0 Å². The number of nitrogen functional groups attached to an aromatic ring is 1. The molecule has 140 valence electrons. The molecule has 0 radical (unpaired) electrons. The topological polar surface area (TPSA) is 67.5 Å². The third-order valence-electron chi connectivity index (χ3n) is 5.02. The molecule has 7 heteroatoms. The van der Waals surface area contributed by atoms with Gasteiger partial charge in [0.2, 0.25) is 5.88 Å². The van der Waals surface area contributed by atoms with Crippen molar-refractivity contribution in [3.8, 4) is 11.6 Å². The standard InChI is InChI=1S/C19H26ClN5O/c1-12-9-15(10-13(2)16(12)20)26-19-17(21)18(22-11-23-19)25(4)14-5-7-24(3)8-6-14/h9-11,14H,5-8,21H2,1-4H3. The molecule has 1 aromatic carbocycles. The van der Waals surface area contributed by atoms with Crippen molar-refractivity contribution in [2.24, 2.45) is 0 Å². The van der Waals surface area contributed by atoms with E-state index >= 15 is 0 Å². The van der Waals surface area contributed by atoms with Crippen LogP contribution in [0.3, 0.4) is 0 Å². The highest BCUT2D eigenvalue weighted by molar-refractivity contribution is 6.32. The molecular formula is C19H26ClN5O. The average molecular weight is 376 g/mol. The minimum atomic E-state index is 0.371. The van der Waals surface area contributed by atoms with Crippen molar-refractivity contribution < 1.29 is 4.74 Å². The van der Waals surface area contributed by atoms with E-state index < -0.39 is 0 Å². The van der Waals surface area contributed by atoms with Gasteiger partial charge in [0.25, 0.3) is 0 Å². The Balaban J connectivity index is 1.83. The molecule has 6 nitrogen and oxygen atoms in total. The predicted molar refractivity (Wildman–Crippen MR) is 106 cm³/mol. The van der Waals surface area contributed by atoms with Gasteiger partial charge in [-0.25, -0.2) is 4.98 Å². The van der Waals surface area contributed by atoms with E-state index in [-0.39, 0.29) is 0 Å². The number of anilines is 2. The van der Waals surface area contributed by atoms with Gasteiger partial charge in [0, 0.05) is 18.1 Å². The van der Waals surface area contributed by atoms with Crippen molar-refractivity contribution in [3.05, 3.63) is 34.6 Å². The smallest absolute Gasteiger partial charge is 0.248 e. The summed E-state index contributed by atoms with van der Waals surface area (Å²) < 4.78 is 5.95. The second-order valence-electron chi connectivity index (χ2n) is 7.03. The average Bonchev–Trinajstić information content (AvgIpc) is 2.61. The van der Waals surface area contributed by atoms with Crippen molar-refractivity contribution in [1.29, 1.82) is 0 Å². The lowest BCUT2D eigenvalue weighted by molar-refractivity contribution is 0.252. The molecular weight excluding hydrogens is 350 g/mol. The van der Waals surface area contributed by atoms with Crippen LogP contribution in [0.4, 0.5) is 11.5 Å². The van der Waals surface area contributed by atoms with Gasteiger partial charge in [0.1, 0.15) is 17.8 Å². The Morgan fingerprint density at radius 1 is 1.19 bits per heavy atom. The molecule has 2 aromatic rings. The van der Waals surface area contributed by atoms with E-state index in [4.69, 9.17) is 22.1 Å². The third-order valence-corrected chi connectivity index (χ3v) is 5.62. The van der Waals surface area contributed by atoms with Crippen LogP contribution in [0.2, 0.25) is 5.02 Å². The SMILES string of the molecule is Cc1cc(Oc2ncnc(N(C)C3CCN(C)CC3)c2N)cc(C)c1Cl. The maximum atomic E-state index is 6.34. The summed E-state index contributed by atoms with van der Waals surface area (Å²) >= 11 is 6.23. The summed E-state index contributed by atoms with van der Waals surface area (Å²) in [6.45, 7) is 6.05. The Hall–Kier alpha value is -2.05. The summed E-state index contributed by atoms with van der Waals surface area (Å²) in [5.41, 5.74) is 8.71. The van der Waals surface area contributed by atoms with Gasteiger partial charge >= 0.3 is 0 Å². The highest BCUT2D eigenvalue weighted by Gasteiger charge is 2.24. The van der Waals surface area contributed by atoms with Gasteiger partial charge in [0.15, 0.2) is 5.82 Å². The maximum absolute atomic E-state index is 6.34. The number of nitrogens with two attached hydrogens (primary N) is 1. The number of rotatable bonds is 4. The van der Waals surface area contributed by atoms with Gasteiger partial charge in [-0.15, -0.1) is 0 Å². The molecule has 0 unspecified atom stereocenters. The van der Waals surface area contributed by atoms with Crippen LogP contribution >= 0.6 is 11.6 Å². The first kappa shape index (κ1) is 18.7. The second kappa shape index (κ2) is 7.68. The Bertz CT molecular complexity index is 766. The highest BCUT2D eigenvalue weighted by Crippen LogP contribution is 2.34. The van der Waals surface area contributed by atoms with Gasteiger partial charge in [-0.2, -0.15) is 4.98 Å². The van der Waals surface area contributed by atoms with Crippen LogP contribution in [0, 0.1) is 13.8 Å². The Labute approximate surface area is 159 Å². The van der Waals surface area contributed by atoms with Crippen LogP contribution < -0.4 is 15.4 Å². The number of likely N-dealkylation sites (tertiary alicyclic amines) is 1. The lowest BCUT2D eigenvalue weighted by Crippen LogP contribution is -2.42. The number of piperidine rings is 1. The molecule has 3 rings (SSSR count). The first-order valence-electron chi connectivity index (χ1n) is 8.83. The summed E-state index contributed by atoms with van der Waals surface area (Å²) in [4.78, 5) is 13.1. The maximum Gasteiger partial charge on any atom is 0.248 e. The molecule has 0 bridgehead atoms. The number of benzene rings is 1. The van der Waals surface area contributed by atoms with Gasteiger partial charge in [0.05, 0.1) is 0 Å². The van der Waals surface area contributed by atoms with E-state index in [0.29, 0.717) is 29.2 Å². The summed E-state index contributed by atoms with van der Waals surface area (Å²) in [6, 6.07) is 4.19. The number of aromatic nitrogens is 2. The van der Waals surface area contributed by atoms with Crippen molar-refractivity contribution >= 4 is 23.1 Å². The first-order valence-corrected chi connectivity index (χ1v) is 9.21.